The van der Waals surface area contributed by atoms with Crippen molar-refractivity contribution in [1.29, 1.82) is 0 Å². The van der Waals surface area contributed by atoms with Crippen LogP contribution in [0.5, 0.6) is 0 Å². The number of rotatable bonds is 3. The number of aliphatic carboxylic acids is 1. The summed E-state index contributed by atoms with van der Waals surface area (Å²) in [6.07, 6.45) is 1.30. The van der Waals surface area contributed by atoms with Gasteiger partial charge >= 0.3 is 5.97 Å². The Morgan fingerprint density at radius 2 is 2.11 bits per heavy atom. The predicted octanol–water partition coefficient (Wildman–Crippen LogP) is 2.08. The van der Waals surface area contributed by atoms with Gasteiger partial charge in [0.05, 0.1) is 0 Å². The molecule has 1 unspecified atom stereocenters. The summed E-state index contributed by atoms with van der Waals surface area (Å²) in [6.45, 7) is 1.93. The first-order chi connectivity index (χ1) is 8.49. The van der Waals surface area contributed by atoms with Crippen molar-refractivity contribution in [2.24, 2.45) is 0 Å². The Morgan fingerprint density at radius 1 is 1.39 bits per heavy atom. The first kappa shape index (κ1) is 12.5. The lowest BCUT2D eigenvalue weighted by molar-refractivity contribution is -0.138. The molecule has 1 atom stereocenters. The van der Waals surface area contributed by atoms with Crippen LogP contribution in [-0.4, -0.2) is 29.4 Å². The third kappa shape index (κ3) is 2.34. The summed E-state index contributed by atoms with van der Waals surface area (Å²) in [5.74, 6) is -1.67. The summed E-state index contributed by atoms with van der Waals surface area (Å²) in [5.41, 5.74) is 0.728. The van der Waals surface area contributed by atoms with E-state index in [2.05, 4.69) is 0 Å². The smallest absolute Gasteiger partial charge is 0.326 e. The Hall–Kier alpha value is -1.91. The second-order valence-corrected chi connectivity index (χ2v) is 4.44. The van der Waals surface area contributed by atoms with Crippen LogP contribution in [0.4, 0.5) is 10.1 Å². The summed E-state index contributed by atoms with van der Waals surface area (Å²) in [7, 11) is 0. The second kappa shape index (κ2) is 4.76. The first-order valence-corrected chi connectivity index (χ1v) is 5.80. The molecule has 1 aliphatic rings. The van der Waals surface area contributed by atoms with Crippen LogP contribution in [0.2, 0.25) is 0 Å². The highest BCUT2D eigenvalue weighted by Gasteiger charge is 2.31. The molecular weight excluding hydrogens is 237 g/mol. The van der Waals surface area contributed by atoms with Crippen LogP contribution in [0.15, 0.2) is 18.2 Å². The topological polar surface area (TPSA) is 57.6 Å². The molecule has 96 valence electrons. The van der Waals surface area contributed by atoms with Crippen LogP contribution in [-0.2, 0) is 4.79 Å². The van der Waals surface area contributed by atoms with E-state index in [1.54, 1.807) is 11.0 Å². The number of nitrogens with zero attached hydrogens (tertiary/aromatic N) is 1. The lowest BCUT2D eigenvalue weighted by Crippen LogP contribution is -2.36. The van der Waals surface area contributed by atoms with Gasteiger partial charge in [-0.3, -0.25) is 4.79 Å². The fraction of sp³-hybridized carbons (Fsp3) is 0.385. The van der Waals surface area contributed by atoms with Crippen molar-refractivity contribution >= 4 is 17.4 Å². The molecule has 1 saturated heterocycles. The van der Waals surface area contributed by atoms with E-state index >= 15 is 0 Å². The minimum Gasteiger partial charge on any atom is -0.480 e. The highest BCUT2D eigenvalue weighted by molar-refractivity contribution is 5.95. The van der Waals surface area contributed by atoms with E-state index in [1.807, 2.05) is 0 Å². The maximum absolute atomic E-state index is 13.4. The molecule has 2 rings (SSSR count). The zero-order valence-electron chi connectivity index (χ0n) is 10.0. The van der Waals surface area contributed by atoms with Crippen molar-refractivity contribution in [3.8, 4) is 0 Å². The molecule has 1 fully saturated rings. The van der Waals surface area contributed by atoms with E-state index in [0.717, 1.165) is 12.5 Å². The number of carboxylic acid groups (broad SMARTS) is 1. The van der Waals surface area contributed by atoms with Crippen LogP contribution in [0.1, 0.15) is 30.1 Å². The van der Waals surface area contributed by atoms with E-state index in [4.69, 9.17) is 5.11 Å². The molecule has 1 aromatic rings. The average Bonchev–Trinajstić information content (AvgIpc) is 2.76. The SMILES string of the molecule is CC(=O)c1cc(F)cc(N2CCCC2C(=O)O)c1. The van der Waals surface area contributed by atoms with Gasteiger partial charge in [-0.25, -0.2) is 9.18 Å². The summed E-state index contributed by atoms with van der Waals surface area (Å²) in [5, 5.41) is 9.09. The van der Waals surface area contributed by atoms with E-state index in [-0.39, 0.29) is 11.3 Å². The number of carbonyl (C=O) groups excluding carboxylic acids is 1. The molecule has 4 nitrogen and oxygen atoms in total. The van der Waals surface area contributed by atoms with Crippen LogP contribution >= 0.6 is 0 Å². The third-order valence-electron chi connectivity index (χ3n) is 3.16. The molecule has 0 aromatic heterocycles. The number of carbonyl (C=O) groups is 2. The Labute approximate surface area is 104 Å². The van der Waals surface area contributed by atoms with Crippen LogP contribution in [0.25, 0.3) is 0 Å². The Kier molecular flexibility index (Phi) is 3.32. The zero-order valence-corrected chi connectivity index (χ0v) is 10.0. The Balaban J connectivity index is 2.38. The van der Waals surface area contributed by atoms with Gasteiger partial charge in [0, 0.05) is 17.8 Å². The molecule has 0 spiro atoms. The van der Waals surface area contributed by atoms with E-state index in [0.29, 0.717) is 18.7 Å². The highest BCUT2D eigenvalue weighted by atomic mass is 19.1. The molecule has 0 bridgehead atoms. The molecule has 1 heterocycles. The lowest BCUT2D eigenvalue weighted by atomic mass is 10.1. The van der Waals surface area contributed by atoms with E-state index < -0.39 is 17.8 Å². The van der Waals surface area contributed by atoms with Crippen LogP contribution in [0.3, 0.4) is 0 Å². The first-order valence-electron chi connectivity index (χ1n) is 5.80. The summed E-state index contributed by atoms with van der Waals surface area (Å²) in [4.78, 5) is 24.0. The van der Waals surface area contributed by atoms with Gasteiger partial charge in [-0.2, -0.15) is 0 Å². The highest BCUT2D eigenvalue weighted by Crippen LogP contribution is 2.27. The number of anilines is 1. The Bertz CT molecular complexity index is 501. The van der Waals surface area contributed by atoms with Gasteiger partial charge in [-0.05, 0) is 38.0 Å². The maximum atomic E-state index is 13.4. The van der Waals surface area contributed by atoms with Gasteiger partial charge < -0.3 is 10.0 Å². The van der Waals surface area contributed by atoms with Gasteiger partial charge in [0.1, 0.15) is 11.9 Å². The molecule has 1 N–H and O–H groups in total. The second-order valence-electron chi connectivity index (χ2n) is 4.44. The van der Waals surface area contributed by atoms with Crippen molar-refractivity contribution in [2.75, 3.05) is 11.4 Å². The molecule has 0 saturated carbocycles. The third-order valence-corrected chi connectivity index (χ3v) is 3.16. The van der Waals surface area contributed by atoms with Gasteiger partial charge in [0.15, 0.2) is 5.78 Å². The minimum atomic E-state index is -0.916. The standard InChI is InChI=1S/C13H14FNO3/c1-8(16)9-5-10(14)7-11(6-9)15-4-2-3-12(15)13(17)18/h5-7,12H,2-4H2,1H3,(H,17,18). The molecule has 1 aromatic carbocycles. The molecule has 0 aliphatic carbocycles. The van der Waals surface area contributed by atoms with Crippen molar-refractivity contribution in [3.63, 3.8) is 0 Å². The normalized spacial score (nSPS) is 19.0. The largest absolute Gasteiger partial charge is 0.480 e. The fourth-order valence-electron chi connectivity index (χ4n) is 2.28. The van der Waals surface area contributed by atoms with Gasteiger partial charge in [0.2, 0.25) is 0 Å². The number of ketones is 1. The number of hydrogen-bond donors (Lipinski definition) is 1. The number of halogens is 1. The van der Waals surface area contributed by atoms with Crippen LogP contribution < -0.4 is 4.90 Å². The summed E-state index contributed by atoms with van der Waals surface area (Å²) < 4.78 is 13.4. The van der Waals surface area contributed by atoms with Crippen molar-refractivity contribution < 1.29 is 19.1 Å². The minimum absolute atomic E-state index is 0.234. The van der Waals surface area contributed by atoms with Crippen molar-refractivity contribution in [1.82, 2.24) is 0 Å². The van der Waals surface area contributed by atoms with E-state index in [1.165, 1.54) is 13.0 Å². The molecule has 18 heavy (non-hydrogen) atoms. The molecule has 0 amide bonds. The van der Waals surface area contributed by atoms with Crippen molar-refractivity contribution in [3.05, 3.63) is 29.6 Å². The summed E-state index contributed by atoms with van der Waals surface area (Å²) >= 11 is 0. The van der Waals surface area contributed by atoms with Gasteiger partial charge in [-0.15, -0.1) is 0 Å². The fourth-order valence-corrected chi connectivity index (χ4v) is 2.28. The number of Topliss-reactive ketones (excluding diaryl/α,β-unsaturated/α-hetero) is 1. The lowest BCUT2D eigenvalue weighted by Gasteiger charge is -2.24. The number of hydrogen-bond acceptors (Lipinski definition) is 3. The monoisotopic (exact) mass is 251 g/mol. The molecular formula is C13H14FNO3. The predicted molar refractivity (Wildman–Crippen MR) is 64.4 cm³/mol. The van der Waals surface area contributed by atoms with Crippen molar-refractivity contribution in [2.45, 2.75) is 25.8 Å². The molecule has 1 aliphatic heterocycles. The number of benzene rings is 1. The van der Waals surface area contributed by atoms with Crippen LogP contribution in [0, 0.1) is 5.82 Å². The maximum Gasteiger partial charge on any atom is 0.326 e. The average molecular weight is 251 g/mol. The van der Waals surface area contributed by atoms with Gasteiger partial charge in [0.25, 0.3) is 0 Å². The van der Waals surface area contributed by atoms with Gasteiger partial charge in [-0.1, -0.05) is 0 Å². The summed E-state index contributed by atoms with van der Waals surface area (Å²) in [6, 6.07) is 3.35. The van der Waals surface area contributed by atoms with E-state index in [9.17, 15) is 14.0 Å². The zero-order chi connectivity index (χ0) is 13.3. The quantitative estimate of drug-likeness (QED) is 0.836. The number of carboxylic acids is 1. The Morgan fingerprint density at radius 3 is 2.72 bits per heavy atom. The molecule has 0 radical (unpaired) electrons. The molecule has 5 heteroatoms.